The molecule has 3 nitrogen and oxygen atoms in total. The molecule has 7 heteroatoms. The molecule has 0 saturated carbocycles. The number of anilines is 1. The standard InChI is InChI=1S/C10H11F3N2OS/c11-10(12,13)8(6-9(16)15-17)14-7-4-2-1-3-5-7/h1-5,8,14,17H,6H2,(H,15,16). The van der Waals surface area contributed by atoms with Crippen LogP contribution in [0, 0.1) is 0 Å². The molecular weight excluding hydrogens is 253 g/mol. The van der Waals surface area contributed by atoms with Crippen LogP contribution in [0.2, 0.25) is 0 Å². The lowest BCUT2D eigenvalue weighted by Gasteiger charge is -2.21. The fraction of sp³-hybridized carbons (Fsp3) is 0.300. The highest BCUT2D eigenvalue weighted by Gasteiger charge is 2.40. The van der Waals surface area contributed by atoms with Crippen molar-refractivity contribution in [1.29, 1.82) is 0 Å². The van der Waals surface area contributed by atoms with Crippen molar-refractivity contribution < 1.29 is 18.0 Å². The average molecular weight is 264 g/mol. The molecule has 0 bridgehead atoms. The van der Waals surface area contributed by atoms with Crippen LogP contribution in [0.4, 0.5) is 18.9 Å². The molecule has 0 aliphatic rings. The van der Waals surface area contributed by atoms with Crippen LogP contribution in [-0.2, 0) is 4.79 Å². The van der Waals surface area contributed by atoms with Gasteiger partial charge in [0, 0.05) is 5.69 Å². The first-order valence-electron chi connectivity index (χ1n) is 4.74. The second kappa shape index (κ2) is 5.81. The summed E-state index contributed by atoms with van der Waals surface area (Å²) in [5.74, 6) is -0.793. The summed E-state index contributed by atoms with van der Waals surface area (Å²) in [6.07, 6.45) is -5.22. The molecule has 1 rings (SSSR count). The van der Waals surface area contributed by atoms with Crippen LogP contribution < -0.4 is 10.0 Å². The van der Waals surface area contributed by atoms with Gasteiger partial charge in [-0.05, 0) is 12.1 Å². The molecule has 0 aliphatic heterocycles. The van der Waals surface area contributed by atoms with E-state index in [1.165, 1.54) is 12.1 Å². The number of hydrogen-bond donors (Lipinski definition) is 3. The second-order valence-electron chi connectivity index (χ2n) is 3.34. The van der Waals surface area contributed by atoms with Gasteiger partial charge in [0.25, 0.3) is 0 Å². The van der Waals surface area contributed by atoms with Crippen molar-refractivity contribution in [2.24, 2.45) is 0 Å². The maximum absolute atomic E-state index is 12.6. The molecule has 2 N–H and O–H groups in total. The molecule has 0 heterocycles. The van der Waals surface area contributed by atoms with Crippen LogP contribution in [0.5, 0.6) is 0 Å². The monoisotopic (exact) mass is 264 g/mol. The predicted molar refractivity (Wildman–Crippen MR) is 61.7 cm³/mol. The normalized spacial score (nSPS) is 12.9. The van der Waals surface area contributed by atoms with Crippen LogP contribution in [0.25, 0.3) is 0 Å². The SMILES string of the molecule is O=C(CC(Nc1ccccc1)C(F)(F)F)NS. The summed E-state index contributed by atoms with van der Waals surface area (Å²) in [5.41, 5.74) is 0.307. The maximum atomic E-state index is 12.6. The van der Waals surface area contributed by atoms with Gasteiger partial charge < -0.3 is 10.0 Å². The van der Waals surface area contributed by atoms with E-state index in [9.17, 15) is 18.0 Å². The van der Waals surface area contributed by atoms with Crippen molar-refractivity contribution >= 4 is 24.4 Å². The molecule has 0 aromatic heterocycles. The maximum Gasteiger partial charge on any atom is 0.409 e. The first-order chi connectivity index (χ1) is 7.93. The van der Waals surface area contributed by atoms with Gasteiger partial charge in [0.15, 0.2) is 0 Å². The van der Waals surface area contributed by atoms with Gasteiger partial charge in [-0.1, -0.05) is 31.0 Å². The quantitative estimate of drug-likeness (QED) is 0.731. The Hall–Kier alpha value is -1.37. The number of rotatable bonds is 4. The highest BCUT2D eigenvalue weighted by atomic mass is 32.1. The third-order valence-corrected chi connectivity index (χ3v) is 2.27. The van der Waals surface area contributed by atoms with E-state index in [1.807, 2.05) is 4.72 Å². The van der Waals surface area contributed by atoms with E-state index >= 15 is 0 Å². The number of carbonyl (C=O) groups is 1. The number of para-hydroxylation sites is 1. The van der Waals surface area contributed by atoms with Crippen molar-refractivity contribution in [2.75, 3.05) is 5.32 Å². The zero-order chi connectivity index (χ0) is 12.9. The molecule has 1 unspecified atom stereocenters. The van der Waals surface area contributed by atoms with Crippen molar-refractivity contribution in [3.8, 4) is 0 Å². The van der Waals surface area contributed by atoms with Gasteiger partial charge in [0.2, 0.25) is 5.91 Å². The summed E-state index contributed by atoms with van der Waals surface area (Å²) in [6.45, 7) is 0. The number of nitrogens with one attached hydrogen (secondary N) is 2. The Morgan fingerprint density at radius 3 is 2.35 bits per heavy atom. The Labute approximate surface area is 102 Å². The lowest BCUT2D eigenvalue weighted by atomic mass is 10.1. The summed E-state index contributed by atoms with van der Waals surface area (Å²) >= 11 is 3.42. The Balaban J connectivity index is 2.75. The number of benzene rings is 1. The van der Waals surface area contributed by atoms with E-state index in [0.717, 1.165) is 0 Å². The highest BCUT2D eigenvalue weighted by Crippen LogP contribution is 2.25. The number of alkyl halides is 3. The lowest BCUT2D eigenvalue weighted by Crippen LogP contribution is -2.39. The zero-order valence-electron chi connectivity index (χ0n) is 8.66. The number of thiol groups is 1. The molecule has 1 aromatic rings. The van der Waals surface area contributed by atoms with Crippen LogP contribution in [-0.4, -0.2) is 18.1 Å². The van der Waals surface area contributed by atoms with E-state index in [2.05, 4.69) is 18.1 Å². The summed E-state index contributed by atoms with van der Waals surface area (Å²) < 4.78 is 39.8. The van der Waals surface area contributed by atoms with Gasteiger partial charge in [-0.2, -0.15) is 13.2 Å². The van der Waals surface area contributed by atoms with E-state index in [1.54, 1.807) is 18.2 Å². The largest absolute Gasteiger partial charge is 0.409 e. The summed E-state index contributed by atoms with van der Waals surface area (Å²) in [7, 11) is 0. The van der Waals surface area contributed by atoms with E-state index < -0.39 is 24.5 Å². The highest BCUT2D eigenvalue weighted by molar-refractivity contribution is 7.78. The number of hydrogen-bond acceptors (Lipinski definition) is 3. The Morgan fingerprint density at radius 2 is 1.88 bits per heavy atom. The molecule has 0 spiro atoms. The minimum atomic E-state index is -4.50. The molecule has 17 heavy (non-hydrogen) atoms. The predicted octanol–water partition coefficient (Wildman–Crippen LogP) is 2.38. The van der Waals surface area contributed by atoms with E-state index in [0.29, 0.717) is 5.69 Å². The van der Waals surface area contributed by atoms with Crippen LogP contribution >= 0.6 is 12.8 Å². The third-order valence-electron chi connectivity index (χ3n) is 2.02. The first-order valence-corrected chi connectivity index (χ1v) is 5.19. The van der Waals surface area contributed by atoms with Crippen molar-refractivity contribution in [3.05, 3.63) is 30.3 Å². The van der Waals surface area contributed by atoms with Gasteiger partial charge in [0.05, 0.1) is 6.42 Å². The molecular formula is C10H11F3N2OS. The fourth-order valence-electron chi connectivity index (χ4n) is 1.22. The van der Waals surface area contributed by atoms with Crippen LogP contribution in [0.15, 0.2) is 30.3 Å². The zero-order valence-corrected chi connectivity index (χ0v) is 9.55. The Morgan fingerprint density at radius 1 is 1.29 bits per heavy atom. The third kappa shape index (κ3) is 4.56. The second-order valence-corrected chi connectivity index (χ2v) is 3.57. The topological polar surface area (TPSA) is 41.1 Å². The first kappa shape index (κ1) is 13.7. The molecule has 1 aromatic carbocycles. The van der Waals surface area contributed by atoms with Crippen LogP contribution in [0.1, 0.15) is 6.42 Å². The van der Waals surface area contributed by atoms with Gasteiger partial charge in [0.1, 0.15) is 6.04 Å². The average Bonchev–Trinajstić information content (AvgIpc) is 2.28. The van der Waals surface area contributed by atoms with Gasteiger partial charge in [-0.25, -0.2) is 0 Å². The molecule has 0 fully saturated rings. The molecule has 1 atom stereocenters. The molecule has 1 amide bonds. The van der Waals surface area contributed by atoms with Crippen LogP contribution in [0.3, 0.4) is 0 Å². The van der Waals surface area contributed by atoms with Gasteiger partial charge in [-0.15, -0.1) is 0 Å². The molecule has 0 aliphatic carbocycles. The van der Waals surface area contributed by atoms with Gasteiger partial charge >= 0.3 is 6.18 Å². The van der Waals surface area contributed by atoms with Crippen molar-refractivity contribution in [3.63, 3.8) is 0 Å². The van der Waals surface area contributed by atoms with Gasteiger partial charge in [-0.3, -0.25) is 4.79 Å². The summed E-state index contributed by atoms with van der Waals surface area (Å²) in [5, 5.41) is 2.26. The minimum Gasteiger partial charge on any atom is -0.374 e. The lowest BCUT2D eigenvalue weighted by molar-refractivity contribution is -0.149. The van der Waals surface area contributed by atoms with Crippen molar-refractivity contribution in [1.82, 2.24) is 4.72 Å². The fourth-order valence-corrected chi connectivity index (χ4v) is 1.31. The molecule has 0 saturated heterocycles. The number of amides is 1. The molecule has 94 valence electrons. The Kier molecular flexibility index (Phi) is 4.68. The van der Waals surface area contributed by atoms with E-state index in [-0.39, 0.29) is 0 Å². The summed E-state index contributed by atoms with van der Waals surface area (Å²) in [6, 6.07) is 5.96. The summed E-state index contributed by atoms with van der Waals surface area (Å²) in [4.78, 5) is 10.9. The van der Waals surface area contributed by atoms with Crippen molar-refractivity contribution in [2.45, 2.75) is 18.6 Å². The Bertz CT molecular complexity index is 370. The van der Waals surface area contributed by atoms with E-state index in [4.69, 9.17) is 0 Å². The number of carbonyl (C=O) groups excluding carboxylic acids is 1. The molecule has 0 radical (unpaired) electrons. The number of halogens is 3. The minimum absolute atomic E-state index is 0.307. The smallest absolute Gasteiger partial charge is 0.374 e.